The fraction of sp³-hybridized carbons (Fsp3) is 0.552. The van der Waals surface area contributed by atoms with Crippen molar-refractivity contribution in [2.75, 3.05) is 41.1 Å². The average molecular weight is 569 g/mol. The summed E-state index contributed by atoms with van der Waals surface area (Å²) in [7, 11) is -2.71. The van der Waals surface area contributed by atoms with Gasteiger partial charge in [0.15, 0.2) is 0 Å². The molecular weight excluding hydrogens is 528 g/mol. The first-order valence-corrected chi connectivity index (χ1v) is 16.3. The zero-order chi connectivity index (χ0) is 28.2. The lowest BCUT2D eigenvalue weighted by Gasteiger charge is -2.38. The summed E-state index contributed by atoms with van der Waals surface area (Å²) in [6.07, 6.45) is 3.34. The van der Waals surface area contributed by atoms with Crippen LogP contribution in [-0.2, 0) is 12.2 Å². The number of thioether (sulfide) groups is 1. The molecule has 0 amide bonds. The fourth-order valence-corrected chi connectivity index (χ4v) is 7.71. The highest BCUT2D eigenvalue weighted by Gasteiger charge is 2.29. The van der Waals surface area contributed by atoms with E-state index in [2.05, 4.69) is 43.1 Å². The zero-order valence-corrected chi connectivity index (χ0v) is 25.0. The molecule has 0 unspecified atom stereocenters. The van der Waals surface area contributed by atoms with Crippen LogP contribution < -0.4 is 14.5 Å². The first-order chi connectivity index (χ1) is 18.6. The summed E-state index contributed by atoms with van der Waals surface area (Å²) in [5.41, 5.74) is 3.89. The minimum atomic E-state index is -2.71. The van der Waals surface area contributed by atoms with Crippen LogP contribution in [0.4, 0.5) is 11.5 Å². The molecule has 3 heterocycles. The first kappa shape index (κ1) is 29.5. The lowest BCUT2D eigenvalue weighted by Crippen LogP contribution is -2.45. The SMILES string of the molecule is CCc1c(C#N)c(SCc2ccc(N3CCCS3(O)O)cc2)nc(N2CCC(NCC(C)(C)C)CC2)c1C#N. The van der Waals surface area contributed by atoms with Crippen LogP contribution in [0.1, 0.15) is 69.2 Å². The van der Waals surface area contributed by atoms with Crippen molar-refractivity contribution in [1.29, 1.82) is 10.5 Å². The monoisotopic (exact) mass is 568 g/mol. The molecule has 0 spiro atoms. The van der Waals surface area contributed by atoms with E-state index >= 15 is 0 Å². The van der Waals surface area contributed by atoms with E-state index < -0.39 is 10.8 Å². The van der Waals surface area contributed by atoms with Crippen molar-refractivity contribution in [2.45, 2.75) is 70.2 Å². The predicted octanol–water partition coefficient (Wildman–Crippen LogP) is 6.16. The average Bonchev–Trinajstić information content (AvgIpc) is 3.28. The Balaban J connectivity index is 1.51. The number of anilines is 2. The van der Waals surface area contributed by atoms with E-state index in [4.69, 9.17) is 4.98 Å². The molecular formula is C29H40N6O2S2. The molecule has 2 aromatic rings. The Morgan fingerprint density at radius 3 is 2.28 bits per heavy atom. The second kappa shape index (κ2) is 12.4. The largest absolute Gasteiger partial charge is 0.355 e. The van der Waals surface area contributed by atoms with E-state index in [-0.39, 0.29) is 5.41 Å². The lowest BCUT2D eigenvalue weighted by molar-refractivity contribution is 0.323. The number of pyridine rings is 1. The number of rotatable bonds is 8. The van der Waals surface area contributed by atoms with Crippen molar-refractivity contribution in [3.63, 3.8) is 0 Å². The normalized spacial score (nSPS) is 18.6. The lowest BCUT2D eigenvalue weighted by atomic mass is 9.95. The molecule has 0 saturated carbocycles. The quantitative estimate of drug-likeness (QED) is 0.322. The van der Waals surface area contributed by atoms with Gasteiger partial charge in [-0.05, 0) is 54.4 Å². The van der Waals surface area contributed by atoms with Crippen molar-refractivity contribution in [3.8, 4) is 12.1 Å². The van der Waals surface area contributed by atoms with Gasteiger partial charge in [0, 0.05) is 38.0 Å². The Morgan fingerprint density at radius 1 is 1.08 bits per heavy atom. The number of nitrogens with one attached hydrogen (secondary N) is 1. The minimum absolute atomic E-state index is 0.236. The van der Waals surface area contributed by atoms with Gasteiger partial charge in [0.05, 0.1) is 22.6 Å². The third kappa shape index (κ3) is 7.00. The van der Waals surface area contributed by atoms with Crippen molar-refractivity contribution < 1.29 is 9.11 Å². The number of hydrogen-bond acceptors (Lipinski definition) is 9. The molecule has 2 aliphatic heterocycles. The van der Waals surface area contributed by atoms with Crippen LogP contribution in [0.15, 0.2) is 29.3 Å². The molecule has 4 rings (SSSR count). The van der Waals surface area contributed by atoms with Gasteiger partial charge in [0.25, 0.3) is 0 Å². The fourth-order valence-electron chi connectivity index (χ4n) is 5.13. The molecule has 3 N–H and O–H groups in total. The Hall–Kier alpha value is -2.47. The molecule has 210 valence electrons. The third-order valence-electron chi connectivity index (χ3n) is 7.27. The second-order valence-corrected chi connectivity index (χ2v) is 14.6. The van der Waals surface area contributed by atoms with E-state index in [1.807, 2.05) is 31.2 Å². The van der Waals surface area contributed by atoms with Gasteiger partial charge in [0.1, 0.15) is 23.0 Å². The highest BCUT2D eigenvalue weighted by atomic mass is 32.3. The minimum Gasteiger partial charge on any atom is -0.355 e. The van der Waals surface area contributed by atoms with Gasteiger partial charge in [-0.25, -0.2) is 4.98 Å². The zero-order valence-electron chi connectivity index (χ0n) is 23.4. The van der Waals surface area contributed by atoms with Gasteiger partial charge >= 0.3 is 0 Å². The number of benzene rings is 1. The van der Waals surface area contributed by atoms with Crippen LogP contribution >= 0.6 is 22.5 Å². The highest BCUT2D eigenvalue weighted by molar-refractivity contribution is 8.25. The molecule has 0 atom stereocenters. The Bertz CT molecular complexity index is 1240. The van der Waals surface area contributed by atoms with Crippen molar-refractivity contribution >= 4 is 34.0 Å². The van der Waals surface area contributed by atoms with Gasteiger partial charge in [0.2, 0.25) is 0 Å². The summed E-state index contributed by atoms with van der Waals surface area (Å²) in [6, 6.07) is 13.0. The maximum Gasteiger partial charge on any atom is 0.148 e. The molecule has 1 aromatic heterocycles. The standard InChI is InChI=1S/C29H40N6O2S2/c1-5-24-25(17-30)27(34-14-11-22(12-15-34)32-20-29(2,3)4)33-28(26(24)18-31)38-19-21-7-9-23(10-8-21)35-13-6-16-39(35,36)37/h7-10,22,32,36-37H,5-6,11-16,19-20H2,1-4H3. The van der Waals surface area contributed by atoms with Crippen molar-refractivity contribution in [2.24, 2.45) is 5.41 Å². The molecule has 10 heteroatoms. The first-order valence-electron chi connectivity index (χ1n) is 13.7. The van der Waals surface area contributed by atoms with E-state index in [0.29, 0.717) is 52.5 Å². The summed E-state index contributed by atoms with van der Waals surface area (Å²) in [5, 5.41) is 24.5. The number of aromatic nitrogens is 1. The summed E-state index contributed by atoms with van der Waals surface area (Å²) in [4.78, 5) is 7.13. The van der Waals surface area contributed by atoms with Crippen LogP contribution in [0.5, 0.6) is 0 Å². The molecule has 0 aliphatic carbocycles. The molecule has 1 aromatic carbocycles. The van der Waals surface area contributed by atoms with Crippen LogP contribution in [0.3, 0.4) is 0 Å². The molecule has 2 aliphatic rings. The van der Waals surface area contributed by atoms with Crippen LogP contribution in [0, 0.1) is 28.1 Å². The number of piperidine rings is 1. The van der Waals surface area contributed by atoms with Crippen LogP contribution in [0.2, 0.25) is 0 Å². The van der Waals surface area contributed by atoms with E-state index in [1.54, 1.807) is 4.31 Å². The van der Waals surface area contributed by atoms with Gasteiger partial charge in [-0.15, -0.1) is 22.5 Å². The van der Waals surface area contributed by atoms with E-state index in [0.717, 1.165) is 55.7 Å². The van der Waals surface area contributed by atoms with Gasteiger partial charge in [-0.3, -0.25) is 13.4 Å². The van der Waals surface area contributed by atoms with Crippen LogP contribution in [-0.4, -0.2) is 52.1 Å². The third-order valence-corrected chi connectivity index (χ3v) is 10.3. The number of nitriles is 2. The topological polar surface area (TPSA) is 119 Å². The molecule has 2 saturated heterocycles. The predicted molar refractivity (Wildman–Crippen MR) is 161 cm³/mol. The summed E-state index contributed by atoms with van der Waals surface area (Å²) >= 11 is 1.51. The molecule has 2 fully saturated rings. The van der Waals surface area contributed by atoms with Crippen LogP contribution in [0.25, 0.3) is 0 Å². The maximum atomic E-state index is 10.3. The smallest absolute Gasteiger partial charge is 0.148 e. The molecule has 8 nitrogen and oxygen atoms in total. The van der Waals surface area contributed by atoms with Gasteiger partial charge in [-0.2, -0.15) is 10.5 Å². The highest BCUT2D eigenvalue weighted by Crippen LogP contribution is 2.50. The summed E-state index contributed by atoms with van der Waals surface area (Å²) < 4.78 is 22.2. The second-order valence-electron chi connectivity index (χ2n) is 11.5. The summed E-state index contributed by atoms with van der Waals surface area (Å²) in [6.45, 7) is 11.9. The maximum absolute atomic E-state index is 10.3. The van der Waals surface area contributed by atoms with E-state index in [9.17, 15) is 19.6 Å². The molecule has 0 bridgehead atoms. The van der Waals surface area contributed by atoms with Crippen molar-refractivity contribution in [1.82, 2.24) is 10.3 Å². The number of hydrogen-bond donors (Lipinski definition) is 3. The van der Waals surface area contributed by atoms with E-state index in [1.165, 1.54) is 11.8 Å². The molecule has 39 heavy (non-hydrogen) atoms. The summed E-state index contributed by atoms with van der Waals surface area (Å²) in [5.74, 6) is 1.73. The molecule has 0 radical (unpaired) electrons. The van der Waals surface area contributed by atoms with Gasteiger partial charge < -0.3 is 10.2 Å². The Kier molecular flexibility index (Phi) is 9.36. The Morgan fingerprint density at radius 2 is 1.74 bits per heavy atom. The number of nitrogens with zero attached hydrogens (tertiary/aromatic N) is 5. The van der Waals surface area contributed by atoms with Crippen molar-refractivity contribution in [3.05, 3.63) is 46.5 Å². The van der Waals surface area contributed by atoms with Gasteiger partial charge in [-0.1, -0.05) is 39.8 Å². The Labute approximate surface area is 238 Å².